The minimum Gasteiger partial charge on any atom is -0.483 e. The third kappa shape index (κ3) is 5.78. The average molecular weight is 544 g/mol. The average Bonchev–Trinajstić information content (AvgIpc) is 3.16. The van der Waals surface area contributed by atoms with E-state index >= 15 is 0 Å². The van der Waals surface area contributed by atoms with E-state index in [1.807, 2.05) is 42.5 Å². The van der Waals surface area contributed by atoms with Crippen molar-refractivity contribution in [2.75, 3.05) is 6.61 Å². The van der Waals surface area contributed by atoms with E-state index < -0.39 is 11.9 Å². The van der Waals surface area contributed by atoms with E-state index in [2.05, 4.69) is 26.5 Å². The minimum absolute atomic E-state index is 0.187. The molecule has 3 aromatic carbocycles. The predicted octanol–water partition coefficient (Wildman–Crippen LogP) is 6.07. The maximum atomic E-state index is 12.6. The van der Waals surface area contributed by atoms with Gasteiger partial charge in [-0.1, -0.05) is 54.1 Å². The first-order chi connectivity index (χ1) is 16.0. The van der Waals surface area contributed by atoms with Gasteiger partial charge in [0.05, 0.1) is 15.7 Å². The summed E-state index contributed by atoms with van der Waals surface area (Å²) in [7, 11) is 0. The van der Waals surface area contributed by atoms with Gasteiger partial charge in [-0.25, -0.2) is 10.2 Å². The third-order valence-corrected chi connectivity index (χ3v) is 6.70. The highest BCUT2D eigenvalue weighted by atomic mass is 79.9. The Hall–Kier alpha value is -3.20. The summed E-state index contributed by atoms with van der Waals surface area (Å²) in [5.74, 6) is -0.0530. The number of hydrogen-bond donors (Lipinski definition) is 1. The van der Waals surface area contributed by atoms with Gasteiger partial charge in [0.1, 0.15) is 16.4 Å². The van der Waals surface area contributed by atoms with Crippen LogP contribution < -0.4 is 14.9 Å². The molecule has 0 unspecified atom stereocenters. The summed E-state index contributed by atoms with van der Waals surface area (Å²) in [6, 6.07) is 21.5. The molecule has 0 saturated carbocycles. The second-order valence-electron chi connectivity index (χ2n) is 6.72. The second kappa shape index (κ2) is 10.6. The third-order valence-electron chi connectivity index (χ3n) is 4.39. The zero-order chi connectivity index (χ0) is 23.2. The molecule has 0 bridgehead atoms. The van der Waals surface area contributed by atoms with Crippen molar-refractivity contribution in [3.8, 4) is 11.5 Å². The number of carbonyl (C=O) groups excluding carboxylic acids is 2. The summed E-state index contributed by atoms with van der Waals surface area (Å²) < 4.78 is 12.6. The number of fused-ring (bicyclic) bond motifs is 1. The molecule has 0 aliphatic carbocycles. The number of para-hydroxylation sites is 1. The van der Waals surface area contributed by atoms with Crippen LogP contribution in [0.1, 0.15) is 15.2 Å². The molecule has 0 saturated heterocycles. The number of hydrogen-bond acceptors (Lipinski definition) is 6. The van der Waals surface area contributed by atoms with Crippen LogP contribution >= 0.6 is 38.9 Å². The van der Waals surface area contributed by atoms with Gasteiger partial charge >= 0.3 is 5.97 Å². The lowest BCUT2D eigenvalue weighted by molar-refractivity contribution is -0.123. The molecule has 0 aliphatic heterocycles. The Morgan fingerprint density at radius 2 is 1.85 bits per heavy atom. The highest BCUT2D eigenvalue weighted by molar-refractivity contribution is 9.10. The summed E-state index contributed by atoms with van der Waals surface area (Å²) >= 11 is 11.0. The number of esters is 1. The van der Waals surface area contributed by atoms with Crippen molar-refractivity contribution in [2.24, 2.45) is 5.10 Å². The molecular weight excluding hydrogens is 528 g/mol. The van der Waals surface area contributed by atoms with Crippen LogP contribution in [0.25, 0.3) is 10.1 Å². The van der Waals surface area contributed by atoms with Crippen LogP contribution in [0.4, 0.5) is 0 Å². The lowest BCUT2D eigenvalue weighted by Gasteiger charge is -2.06. The number of nitrogens with zero attached hydrogens (tertiary/aromatic N) is 1. The first kappa shape index (κ1) is 23.0. The van der Waals surface area contributed by atoms with Crippen molar-refractivity contribution >= 4 is 67.0 Å². The summed E-state index contributed by atoms with van der Waals surface area (Å²) in [6.07, 6.45) is 1.44. The fourth-order valence-corrected chi connectivity index (χ4v) is 4.66. The molecule has 4 aromatic rings. The van der Waals surface area contributed by atoms with Crippen LogP contribution in [0, 0.1) is 0 Å². The Morgan fingerprint density at radius 1 is 1.06 bits per heavy atom. The van der Waals surface area contributed by atoms with Crippen molar-refractivity contribution in [1.29, 1.82) is 0 Å². The van der Waals surface area contributed by atoms with Gasteiger partial charge < -0.3 is 9.47 Å². The zero-order valence-electron chi connectivity index (χ0n) is 17.0. The molecule has 0 aliphatic rings. The van der Waals surface area contributed by atoms with Crippen molar-refractivity contribution in [2.45, 2.75) is 0 Å². The summed E-state index contributed by atoms with van der Waals surface area (Å²) in [5.41, 5.74) is 3.03. The normalized spacial score (nSPS) is 11.0. The molecule has 1 amide bonds. The van der Waals surface area contributed by atoms with Gasteiger partial charge in [-0.05, 0) is 51.8 Å². The van der Waals surface area contributed by atoms with Gasteiger partial charge in [0.25, 0.3) is 5.91 Å². The van der Waals surface area contributed by atoms with Crippen molar-refractivity contribution in [1.82, 2.24) is 5.43 Å². The maximum Gasteiger partial charge on any atom is 0.355 e. The smallest absolute Gasteiger partial charge is 0.355 e. The van der Waals surface area contributed by atoms with Gasteiger partial charge in [0.2, 0.25) is 0 Å². The maximum absolute atomic E-state index is 12.6. The first-order valence-corrected chi connectivity index (χ1v) is 11.7. The number of nitrogens with one attached hydrogen (secondary N) is 1. The molecule has 4 rings (SSSR count). The fourth-order valence-electron chi connectivity index (χ4n) is 2.87. The molecular formula is C24H16BrClN2O4S. The van der Waals surface area contributed by atoms with Crippen molar-refractivity contribution in [3.63, 3.8) is 0 Å². The Bertz CT molecular complexity index is 1360. The highest BCUT2D eigenvalue weighted by Crippen LogP contribution is 2.35. The standard InChI is InChI=1S/C24H16BrClN2O4S/c25-18-9-2-3-10-19(18)31-14-21(29)28-27-13-15-6-5-7-16(12-15)32-24(30)23-22(26)17-8-1-4-11-20(17)33-23/h1-13H,14H2,(H,28,29)/b27-13+. The van der Waals surface area contributed by atoms with E-state index in [-0.39, 0.29) is 6.61 Å². The van der Waals surface area contributed by atoms with Crippen LogP contribution in [0.5, 0.6) is 11.5 Å². The van der Waals surface area contributed by atoms with Gasteiger partial charge in [0, 0.05) is 10.1 Å². The predicted molar refractivity (Wildman–Crippen MR) is 134 cm³/mol. The zero-order valence-corrected chi connectivity index (χ0v) is 20.1. The molecule has 1 aromatic heterocycles. The number of ether oxygens (including phenoxy) is 2. The number of amides is 1. The number of halogens is 2. The van der Waals surface area contributed by atoms with Gasteiger partial charge in [-0.3, -0.25) is 4.79 Å². The van der Waals surface area contributed by atoms with Gasteiger partial charge in [-0.15, -0.1) is 11.3 Å². The molecule has 1 heterocycles. The summed E-state index contributed by atoms with van der Waals surface area (Å²) in [6.45, 7) is -0.187. The number of benzene rings is 3. The Labute approximate surface area is 206 Å². The largest absolute Gasteiger partial charge is 0.483 e. The summed E-state index contributed by atoms with van der Waals surface area (Å²) in [4.78, 5) is 24.9. The van der Waals surface area contributed by atoms with E-state index in [1.54, 1.807) is 30.3 Å². The molecule has 6 nitrogen and oxygen atoms in total. The SMILES string of the molecule is O=C(COc1ccccc1Br)N/N=C/c1cccc(OC(=O)c2sc3ccccc3c2Cl)c1. The molecule has 33 heavy (non-hydrogen) atoms. The topological polar surface area (TPSA) is 77.0 Å². The second-order valence-corrected chi connectivity index (χ2v) is 9.00. The minimum atomic E-state index is -0.534. The van der Waals surface area contributed by atoms with Crippen molar-refractivity contribution in [3.05, 3.63) is 92.7 Å². The Balaban J connectivity index is 1.35. The van der Waals surface area contributed by atoms with Crippen LogP contribution in [-0.4, -0.2) is 24.7 Å². The fraction of sp³-hybridized carbons (Fsp3) is 0.0417. The molecule has 0 radical (unpaired) electrons. The first-order valence-electron chi connectivity index (χ1n) is 9.70. The Kier molecular flexibility index (Phi) is 7.39. The highest BCUT2D eigenvalue weighted by Gasteiger charge is 2.19. The van der Waals surface area contributed by atoms with Gasteiger partial charge in [0.15, 0.2) is 6.61 Å². The lowest BCUT2D eigenvalue weighted by atomic mass is 10.2. The quantitative estimate of drug-likeness (QED) is 0.133. The molecule has 166 valence electrons. The van der Waals surface area contributed by atoms with E-state index in [4.69, 9.17) is 21.1 Å². The Morgan fingerprint density at radius 3 is 2.67 bits per heavy atom. The van der Waals surface area contributed by atoms with Crippen molar-refractivity contribution < 1.29 is 19.1 Å². The lowest BCUT2D eigenvalue weighted by Crippen LogP contribution is -2.24. The van der Waals surface area contributed by atoms with E-state index in [9.17, 15) is 9.59 Å². The molecule has 0 atom stereocenters. The van der Waals surface area contributed by atoms with Crippen LogP contribution in [-0.2, 0) is 4.79 Å². The van der Waals surface area contributed by atoms with E-state index in [1.165, 1.54) is 17.6 Å². The summed E-state index contributed by atoms with van der Waals surface area (Å²) in [5, 5.41) is 5.12. The van der Waals surface area contributed by atoms with Crippen LogP contribution in [0.3, 0.4) is 0 Å². The van der Waals surface area contributed by atoms with E-state index in [0.29, 0.717) is 27.0 Å². The number of rotatable bonds is 7. The molecule has 9 heteroatoms. The van der Waals surface area contributed by atoms with Gasteiger partial charge in [-0.2, -0.15) is 5.10 Å². The van der Waals surface area contributed by atoms with Crippen LogP contribution in [0.15, 0.2) is 82.4 Å². The van der Waals surface area contributed by atoms with E-state index in [0.717, 1.165) is 14.6 Å². The molecule has 0 spiro atoms. The number of thiophene rings is 1. The number of hydrazone groups is 1. The monoisotopic (exact) mass is 542 g/mol. The number of carbonyl (C=O) groups is 2. The molecule has 1 N–H and O–H groups in total. The van der Waals surface area contributed by atoms with Crippen LogP contribution in [0.2, 0.25) is 5.02 Å². The molecule has 0 fully saturated rings.